The molecule has 83 heavy (non-hydrogen) atoms. The van der Waals surface area contributed by atoms with Gasteiger partial charge in [-0.3, -0.25) is 34.2 Å². The maximum atomic E-state index is 13.4. The van der Waals surface area contributed by atoms with Crippen LogP contribution in [0.4, 0.5) is 36.2 Å². The number of alkyl halides is 3. The molecule has 7 heterocycles. The number of piperidine rings is 2. The smallest absolute Gasteiger partial charge is 0.406 e. The Morgan fingerprint density at radius 2 is 1.57 bits per heavy atom. The van der Waals surface area contributed by atoms with Crippen molar-refractivity contribution in [3.63, 3.8) is 0 Å². The van der Waals surface area contributed by atoms with Crippen molar-refractivity contribution in [1.29, 1.82) is 0 Å². The van der Waals surface area contributed by atoms with Crippen molar-refractivity contribution < 1.29 is 41.9 Å². The number of carbonyl (C=O) groups is 5. The second-order valence-electron chi connectivity index (χ2n) is 21.2. The van der Waals surface area contributed by atoms with Crippen LogP contribution in [0.1, 0.15) is 76.2 Å². The number of nitrogens with two attached hydrogens (primary N) is 1. The van der Waals surface area contributed by atoms with Gasteiger partial charge in [-0.1, -0.05) is 42.2 Å². The third-order valence-corrected chi connectivity index (χ3v) is 15.7. The Morgan fingerprint density at radius 1 is 0.795 bits per heavy atom. The number of ether oxygens (including phenoxy) is 1. The Bertz CT molecular complexity index is 3620. The molecule has 7 aromatic rings. The predicted octanol–water partition coefficient (Wildman–Crippen LogP) is 7.07. The first-order valence-electron chi connectivity index (χ1n) is 27.9. The van der Waals surface area contributed by atoms with Crippen molar-refractivity contribution >= 4 is 63.6 Å². The van der Waals surface area contributed by atoms with Crippen molar-refractivity contribution in [1.82, 2.24) is 40.0 Å². The van der Waals surface area contributed by atoms with E-state index in [4.69, 9.17) is 10.7 Å². The number of carbonyl (C=O) groups excluding carboxylic acids is 5. The second-order valence-corrected chi connectivity index (χ2v) is 21.2. The van der Waals surface area contributed by atoms with Gasteiger partial charge >= 0.3 is 6.36 Å². The lowest BCUT2D eigenvalue weighted by Crippen LogP contribution is -2.52. The lowest BCUT2D eigenvalue weighted by Gasteiger charge is -2.37. The molecule has 4 aliphatic rings. The molecule has 3 fully saturated rings. The first kappa shape index (κ1) is 55.6. The average molecular weight is 1130 g/mol. The largest absolute Gasteiger partial charge is 0.573 e. The number of nitrogen functional groups attached to an aromatic ring is 1. The molecule has 3 saturated heterocycles. The number of benzene rings is 4. The molecule has 1 atom stereocenters. The summed E-state index contributed by atoms with van der Waals surface area (Å²) >= 11 is 0. The average Bonchev–Trinajstić information content (AvgIpc) is 3.03. The number of hydrogen-bond donors (Lipinski definition) is 4. The minimum atomic E-state index is -4.83. The number of fused-ring (bicyclic) bond motifs is 2. The number of likely N-dealkylation sites (tertiary alicyclic amines) is 1. The van der Waals surface area contributed by atoms with Crippen LogP contribution in [0.2, 0.25) is 0 Å². The number of aromatic nitrogens is 4. The molecule has 5 amide bonds. The molecule has 21 heteroatoms. The highest BCUT2D eigenvalue weighted by molar-refractivity contribution is 6.03. The fraction of sp³-hybridized carbons (Fsp3) is 0.323. The molecule has 1 unspecified atom stereocenters. The second kappa shape index (κ2) is 24.4. The van der Waals surface area contributed by atoms with Gasteiger partial charge in [0.15, 0.2) is 0 Å². The van der Waals surface area contributed by atoms with Crippen LogP contribution in [0.5, 0.6) is 5.75 Å². The van der Waals surface area contributed by atoms with E-state index in [2.05, 4.69) is 64.4 Å². The maximum Gasteiger partial charge on any atom is 0.573 e. The minimum Gasteiger partial charge on any atom is -0.406 e. The lowest BCUT2D eigenvalue weighted by molar-refractivity contribution is -0.274. The highest BCUT2D eigenvalue weighted by Gasteiger charge is 2.32. The highest BCUT2D eigenvalue weighted by Crippen LogP contribution is 2.38. The first-order chi connectivity index (χ1) is 40.2. The van der Waals surface area contributed by atoms with Gasteiger partial charge in [0.1, 0.15) is 35.4 Å². The number of anilines is 4. The van der Waals surface area contributed by atoms with E-state index >= 15 is 0 Å². The fourth-order valence-electron chi connectivity index (χ4n) is 11.3. The lowest BCUT2D eigenvalue weighted by atomic mass is 9.89. The van der Waals surface area contributed by atoms with Gasteiger partial charge < -0.3 is 40.4 Å². The van der Waals surface area contributed by atoms with E-state index in [1.165, 1.54) is 30.1 Å². The zero-order valence-electron chi connectivity index (χ0n) is 45.5. The van der Waals surface area contributed by atoms with Crippen LogP contribution in [0, 0.1) is 11.8 Å². The molecule has 0 saturated carbocycles. The Balaban J connectivity index is 0.606. The molecule has 426 valence electrons. The molecule has 0 radical (unpaired) electrons. The summed E-state index contributed by atoms with van der Waals surface area (Å²) in [5, 5.41) is 9.32. The Morgan fingerprint density at radius 3 is 2.31 bits per heavy atom. The number of piperazine rings is 1. The molecular formula is C62H61F3N12O6. The standard InChI is InChI=1S/C62H61F3N12O6/c63-62(64,65)83-49-4-1-3-42(33-49)34-55(79)77-28-23-47-35-46(14-18-52(47)77)50-37-76(59-57(50)58(66)69-39-70-59)25-2-24-67-60(81)45-10-7-40(8-11-45)5-6-41-9-19-53(68-36-41)74-29-31-75(32-30-74)56(80)38-73-26-21-44(22-27-73)43-12-15-48(16-13-43)71-51-17-20-54(78)72-61(51)82/h1,3-4,7-16,18-19,33,35-37,39,44,51,71H,2,17,20-32,34,38H2,(H,67,81)(H2,66,69,70)(H,72,78,82). The Kier molecular flexibility index (Phi) is 16.4. The van der Waals surface area contributed by atoms with Gasteiger partial charge in [0.2, 0.25) is 23.6 Å². The van der Waals surface area contributed by atoms with Crippen LogP contribution in [0.15, 0.2) is 122 Å². The quantitative estimate of drug-likeness (QED) is 0.0460. The van der Waals surface area contributed by atoms with Crippen LogP contribution in [0.3, 0.4) is 0 Å². The zero-order chi connectivity index (χ0) is 57.6. The van der Waals surface area contributed by atoms with Gasteiger partial charge in [-0.15, -0.1) is 13.2 Å². The van der Waals surface area contributed by atoms with Crippen molar-refractivity contribution in [3.05, 3.63) is 155 Å². The van der Waals surface area contributed by atoms with E-state index < -0.39 is 12.4 Å². The van der Waals surface area contributed by atoms with Crippen molar-refractivity contribution in [3.8, 4) is 28.7 Å². The first-order valence-corrected chi connectivity index (χ1v) is 27.9. The van der Waals surface area contributed by atoms with E-state index in [1.807, 2.05) is 70.3 Å². The van der Waals surface area contributed by atoms with E-state index in [0.717, 1.165) is 70.9 Å². The predicted molar refractivity (Wildman–Crippen MR) is 307 cm³/mol. The van der Waals surface area contributed by atoms with Crippen molar-refractivity contribution in [2.24, 2.45) is 0 Å². The number of hydrogen-bond acceptors (Lipinski definition) is 13. The number of imide groups is 1. The molecule has 4 aliphatic heterocycles. The molecule has 0 bridgehead atoms. The number of nitrogens with zero attached hydrogens (tertiary/aromatic N) is 8. The number of nitrogens with one attached hydrogen (secondary N) is 3. The zero-order valence-corrected chi connectivity index (χ0v) is 45.5. The van der Waals surface area contributed by atoms with E-state index in [1.54, 1.807) is 29.3 Å². The summed E-state index contributed by atoms with van der Waals surface area (Å²) in [6, 6.07) is 30.0. The highest BCUT2D eigenvalue weighted by atomic mass is 19.4. The van der Waals surface area contributed by atoms with Crippen molar-refractivity contribution in [2.45, 2.75) is 69.8 Å². The summed E-state index contributed by atoms with van der Waals surface area (Å²) in [5.41, 5.74) is 14.9. The summed E-state index contributed by atoms with van der Waals surface area (Å²) in [6.45, 7) is 6.06. The van der Waals surface area contributed by atoms with E-state index in [9.17, 15) is 37.1 Å². The molecular weight excluding hydrogens is 1070 g/mol. The SMILES string of the molecule is Nc1ncnc2c1c(-c1ccc3c(c1)CCN3C(=O)Cc1cccc(OC(F)(F)F)c1)cn2CCCNC(=O)c1ccc(C#Cc2ccc(N3CCN(C(=O)CN4CCC(c5ccc(NC6CCC(=O)NC6=O)cc5)CC4)CC3)nc2)cc1. The Labute approximate surface area is 477 Å². The number of amides is 5. The summed E-state index contributed by atoms with van der Waals surface area (Å²) < 4.78 is 44.4. The summed E-state index contributed by atoms with van der Waals surface area (Å²) in [5.74, 6) is 6.69. The van der Waals surface area contributed by atoms with Crippen LogP contribution in [-0.2, 0) is 38.6 Å². The molecule has 3 aromatic heterocycles. The van der Waals surface area contributed by atoms with Gasteiger partial charge in [-0.25, -0.2) is 15.0 Å². The van der Waals surface area contributed by atoms with Crippen LogP contribution in [0.25, 0.3) is 22.2 Å². The topological polar surface area (TPSA) is 213 Å². The van der Waals surface area contributed by atoms with Crippen LogP contribution < -0.4 is 36.2 Å². The minimum absolute atomic E-state index is 0.0921. The number of rotatable bonds is 15. The van der Waals surface area contributed by atoms with Crippen LogP contribution in [-0.4, -0.2) is 130 Å². The van der Waals surface area contributed by atoms with Crippen molar-refractivity contribution in [2.75, 3.05) is 79.8 Å². The van der Waals surface area contributed by atoms with Gasteiger partial charge in [-0.05, 0) is 146 Å². The van der Waals surface area contributed by atoms with E-state index in [-0.39, 0.29) is 41.7 Å². The number of pyridine rings is 1. The molecule has 11 rings (SSSR count). The van der Waals surface area contributed by atoms with E-state index in [0.29, 0.717) is 112 Å². The molecule has 0 spiro atoms. The Hall–Kier alpha value is -9.29. The summed E-state index contributed by atoms with van der Waals surface area (Å²) in [6.07, 6.45) is 4.13. The number of halogens is 3. The maximum absolute atomic E-state index is 13.4. The summed E-state index contributed by atoms with van der Waals surface area (Å²) in [7, 11) is 0. The summed E-state index contributed by atoms with van der Waals surface area (Å²) in [4.78, 5) is 85.2. The van der Waals surface area contributed by atoms with Gasteiger partial charge in [0.25, 0.3) is 5.91 Å². The molecule has 0 aliphatic carbocycles. The van der Waals surface area contributed by atoms with Crippen LogP contribution >= 0.6 is 0 Å². The molecule has 18 nitrogen and oxygen atoms in total. The third-order valence-electron chi connectivity index (χ3n) is 15.7. The molecule has 4 aromatic carbocycles. The third kappa shape index (κ3) is 13.4. The monoisotopic (exact) mass is 1130 g/mol. The van der Waals surface area contributed by atoms with Gasteiger partial charge in [0, 0.05) is 98.3 Å². The van der Waals surface area contributed by atoms with Gasteiger partial charge in [0.05, 0.1) is 18.4 Å². The van der Waals surface area contributed by atoms with Gasteiger partial charge in [-0.2, -0.15) is 0 Å². The fourth-order valence-corrected chi connectivity index (χ4v) is 11.3. The normalized spacial score (nSPS) is 16.7. The number of aryl methyl sites for hydroxylation is 1. The molecule has 5 N–H and O–H groups in total.